The first-order valence-corrected chi connectivity index (χ1v) is 24.4. The van der Waals surface area contributed by atoms with Gasteiger partial charge in [0.05, 0.1) is 13.2 Å². The zero-order chi connectivity index (χ0) is 42.5. The molecule has 10 heteroatoms. The molecule has 0 aromatic heterocycles. The van der Waals surface area contributed by atoms with Crippen molar-refractivity contribution < 1.29 is 37.6 Å². The Morgan fingerprint density at radius 3 is 1.41 bits per heavy atom. The lowest BCUT2D eigenvalue weighted by Gasteiger charge is -2.19. The van der Waals surface area contributed by atoms with Crippen LogP contribution in [0.1, 0.15) is 187 Å². The van der Waals surface area contributed by atoms with Gasteiger partial charge in [0.2, 0.25) is 0 Å². The summed E-state index contributed by atoms with van der Waals surface area (Å²) in [5.41, 5.74) is 5.35. The summed E-state index contributed by atoms with van der Waals surface area (Å²) >= 11 is 0. The van der Waals surface area contributed by atoms with Gasteiger partial charge in [-0.2, -0.15) is 0 Å². The molecular weight excluding hydrogens is 750 g/mol. The minimum atomic E-state index is -4.39. The second-order valence-electron chi connectivity index (χ2n) is 14.9. The number of hydrogen-bond acceptors (Lipinski definition) is 8. The largest absolute Gasteiger partial charge is 0.472 e. The Morgan fingerprint density at radius 2 is 0.948 bits per heavy atom. The fraction of sp³-hybridized carbons (Fsp3) is 0.708. The molecule has 0 radical (unpaired) electrons. The number of phosphoric ester groups is 1. The Kier molecular flexibility index (Phi) is 42.1. The number of carbonyl (C=O) groups excluding carboxylic acids is 2. The molecule has 0 rings (SSSR count). The van der Waals surface area contributed by atoms with Crippen LogP contribution >= 0.6 is 7.82 Å². The third kappa shape index (κ3) is 43.0. The highest BCUT2D eigenvalue weighted by Crippen LogP contribution is 2.43. The number of rotatable bonds is 42. The summed E-state index contributed by atoms with van der Waals surface area (Å²) in [6, 6.07) is 0. The number of hydrogen-bond donors (Lipinski definition) is 2. The second kappa shape index (κ2) is 44.0. The van der Waals surface area contributed by atoms with Crippen LogP contribution in [0.4, 0.5) is 0 Å². The zero-order valence-electron chi connectivity index (χ0n) is 36.8. The van der Waals surface area contributed by atoms with Gasteiger partial charge in [-0.15, -0.1) is 0 Å². The van der Waals surface area contributed by atoms with Crippen molar-refractivity contribution in [3.05, 3.63) is 72.9 Å². The minimum absolute atomic E-state index is 0.0462. The molecule has 0 aliphatic heterocycles. The van der Waals surface area contributed by atoms with Crippen molar-refractivity contribution in [1.29, 1.82) is 0 Å². The molecule has 2 unspecified atom stereocenters. The van der Waals surface area contributed by atoms with Crippen molar-refractivity contribution in [1.82, 2.24) is 0 Å². The van der Waals surface area contributed by atoms with Crippen LogP contribution < -0.4 is 5.73 Å². The molecule has 0 saturated carbocycles. The predicted molar refractivity (Wildman–Crippen MR) is 242 cm³/mol. The Morgan fingerprint density at radius 1 is 0.534 bits per heavy atom. The van der Waals surface area contributed by atoms with E-state index in [1.807, 2.05) is 0 Å². The molecule has 0 heterocycles. The van der Waals surface area contributed by atoms with Gasteiger partial charge in [0.15, 0.2) is 6.10 Å². The molecule has 0 spiro atoms. The summed E-state index contributed by atoms with van der Waals surface area (Å²) in [6.45, 7) is 3.59. The zero-order valence-corrected chi connectivity index (χ0v) is 37.6. The normalized spacial score (nSPS) is 13.9. The van der Waals surface area contributed by atoms with E-state index in [2.05, 4.69) is 86.8 Å². The Bertz CT molecular complexity index is 1180. The fourth-order valence-corrected chi connectivity index (χ4v) is 6.76. The van der Waals surface area contributed by atoms with Crippen LogP contribution in [0.3, 0.4) is 0 Å². The standard InChI is InChI=1S/C48H84NO8P/c1-3-5-7-9-11-13-15-17-19-20-21-22-23-24-25-26-27-29-31-33-35-37-39-41-48(51)57-46(45-56-58(52,53)55-43-42-49)44-54-47(50)40-38-36-34-32-30-28-18-16-14-12-10-8-6-4-2/h5,7,11,13,17,19,21-22,24-25,27,29,46H,3-4,6,8-10,12,14-16,18,20,23,26,28,30-45,49H2,1-2H3,(H,52,53)/b7-5-,13-11-,19-17-,22-21-,25-24-,29-27-. The van der Waals surface area contributed by atoms with Crippen LogP contribution in [-0.2, 0) is 32.7 Å². The van der Waals surface area contributed by atoms with Gasteiger partial charge >= 0.3 is 19.8 Å². The van der Waals surface area contributed by atoms with E-state index < -0.39 is 32.5 Å². The topological polar surface area (TPSA) is 134 Å². The third-order valence-electron chi connectivity index (χ3n) is 9.36. The summed E-state index contributed by atoms with van der Waals surface area (Å²) in [5, 5.41) is 0. The van der Waals surface area contributed by atoms with E-state index >= 15 is 0 Å². The van der Waals surface area contributed by atoms with Gasteiger partial charge in [-0.3, -0.25) is 18.6 Å². The van der Waals surface area contributed by atoms with Crippen LogP contribution in [-0.4, -0.2) is 49.3 Å². The van der Waals surface area contributed by atoms with E-state index in [4.69, 9.17) is 24.3 Å². The highest BCUT2D eigenvalue weighted by Gasteiger charge is 2.26. The highest BCUT2D eigenvalue weighted by molar-refractivity contribution is 7.47. The Labute approximate surface area is 354 Å². The molecule has 0 saturated heterocycles. The first kappa shape index (κ1) is 55.5. The molecule has 58 heavy (non-hydrogen) atoms. The molecule has 9 nitrogen and oxygen atoms in total. The number of esters is 2. The van der Waals surface area contributed by atoms with Crippen LogP contribution in [0.25, 0.3) is 0 Å². The molecule has 0 aliphatic carbocycles. The quantitative estimate of drug-likeness (QED) is 0.0267. The van der Waals surface area contributed by atoms with Crippen LogP contribution in [0, 0.1) is 0 Å². The van der Waals surface area contributed by atoms with Gasteiger partial charge in [0.25, 0.3) is 0 Å². The van der Waals surface area contributed by atoms with Crippen LogP contribution in [0.5, 0.6) is 0 Å². The number of phosphoric acid groups is 1. The van der Waals surface area contributed by atoms with Gasteiger partial charge in [-0.25, -0.2) is 4.57 Å². The average Bonchev–Trinajstić information content (AvgIpc) is 3.21. The van der Waals surface area contributed by atoms with E-state index in [-0.39, 0.29) is 32.6 Å². The first-order chi connectivity index (χ1) is 28.3. The Hall–Kier alpha value is -2.55. The molecule has 0 aromatic rings. The van der Waals surface area contributed by atoms with Crippen LogP contribution in [0.15, 0.2) is 72.9 Å². The van der Waals surface area contributed by atoms with Crippen molar-refractivity contribution in [2.75, 3.05) is 26.4 Å². The van der Waals surface area contributed by atoms with E-state index in [9.17, 15) is 19.0 Å². The number of unbranched alkanes of at least 4 members (excludes halogenated alkanes) is 17. The molecule has 0 aromatic carbocycles. The molecule has 0 aliphatic rings. The van der Waals surface area contributed by atoms with Gasteiger partial charge < -0.3 is 20.1 Å². The molecule has 2 atom stereocenters. The summed E-state index contributed by atoms with van der Waals surface area (Å²) < 4.78 is 32.8. The lowest BCUT2D eigenvalue weighted by Crippen LogP contribution is -2.29. The van der Waals surface area contributed by atoms with Gasteiger partial charge in [-0.1, -0.05) is 183 Å². The maximum atomic E-state index is 12.6. The lowest BCUT2D eigenvalue weighted by atomic mass is 10.0. The van der Waals surface area contributed by atoms with E-state index in [0.29, 0.717) is 6.42 Å². The van der Waals surface area contributed by atoms with Crippen LogP contribution in [0.2, 0.25) is 0 Å². The van der Waals surface area contributed by atoms with E-state index in [0.717, 1.165) is 83.5 Å². The number of allylic oxidation sites excluding steroid dienone is 12. The first-order valence-electron chi connectivity index (χ1n) is 22.9. The van der Waals surface area contributed by atoms with Crippen molar-refractivity contribution in [2.24, 2.45) is 5.73 Å². The molecule has 3 N–H and O–H groups in total. The van der Waals surface area contributed by atoms with Gasteiger partial charge in [0.1, 0.15) is 6.61 Å². The van der Waals surface area contributed by atoms with Gasteiger partial charge in [0, 0.05) is 19.4 Å². The maximum absolute atomic E-state index is 12.6. The lowest BCUT2D eigenvalue weighted by molar-refractivity contribution is -0.161. The van der Waals surface area contributed by atoms with Crippen molar-refractivity contribution in [3.8, 4) is 0 Å². The molecular formula is C48H84NO8P. The fourth-order valence-electron chi connectivity index (χ4n) is 5.99. The summed E-state index contributed by atoms with van der Waals surface area (Å²) in [7, 11) is -4.39. The van der Waals surface area contributed by atoms with E-state index in [1.165, 1.54) is 70.6 Å². The van der Waals surface area contributed by atoms with Crippen molar-refractivity contribution in [2.45, 2.75) is 193 Å². The van der Waals surface area contributed by atoms with Crippen molar-refractivity contribution in [3.63, 3.8) is 0 Å². The average molecular weight is 834 g/mol. The number of ether oxygens (including phenoxy) is 2. The molecule has 0 fully saturated rings. The molecule has 0 amide bonds. The summed E-state index contributed by atoms with van der Waals surface area (Å²) in [5.74, 6) is -0.859. The maximum Gasteiger partial charge on any atom is 0.472 e. The summed E-state index contributed by atoms with van der Waals surface area (Å²) in [4.78, 5) is 34.9. The minimum Gasteiger partial charge on any atom is -0.462 e. The second-order valence-corrected chi connectivity index (χ2v) is 16.3. The SMILES string of the molecule is CC/C=C\C/C=C\C/C=C\C/C=C\C/C=C\C/C=C\CCCCCCC(=O)OC(COC(=O)CCCCCCCCCCCCCCCC)COP(=O)(O)OCCN. The van der Waals surface area contributed by atoms with E-state index in [1.54, 1.807) is 0 Å². The summed E-state index contributed by atoms with van der Waals surface area (Å²) in [6.07, 6.45) is 53.6. The highest BCUT2D eigenvalue weighted by atomic mass is 31.2. The van der Waals surface area contributed by atoms with Gasteiger partial charge in [-0.05, 0) is 64.2 Å². The molecule has 0 bridgehead atoms. The smallest absolute Gasteiger partial charge is 0.462 e. The number of carbonyl (C=O) groups is 2. The number of nitrogens with two attached hydrogens (primary N) is 1. The Balaban J connectivity index is 4.19. The predicted octanol–water partition coefficient (Wildman–Crippen LogP) is 13.4. The van der Waals surface area contributed by atoms with Crippen molar-refractivity contribution >= 4 is 19.8 Å². The molecule has 334 valence electrons. The monoisotopic (exact) mass is 834 g/mol. The third-order valence-corrected chi connectivity index (χ3v) is 10.3.